The predicted molar refractivity (Wildman–Crippen MR) is 96.6 cm³/mol. The molecule has 0 aromatic carbocycles. The van der Waals surface area contributed by atoms with Gasteiger partial charge in [-0.3, -0.25) is 4.79 Å². The average molecular weight is 369 g/mol. The van der Waals surface area contributed by atoms with E-state index in [1.165, 1.54) is 0 Å². The first-order valence-electron chi connectivity index (χ1n) is 9.29. The number of rotatable bonds is 4. The predicted octanol–water partition coefficient (Wildman–Crippen LogP) is 1.75. The molecule has 1 N–H and O–H groups in total. The standard InChI is InChI=1S/C17H28N4O3S/c1-14-6-11-17(22)21(18-14)16-9-7-15(8-10-16)19-25(23,24)20-12-4-2-3-5-13-20/h6,11,15-16,19H,2-5,7-10,12-13H2,1H3. The maximum absolute atomic E-state index is 12.6. The minimum atomic E-state index is -3.40. The van der Waals surface area contributed by atoms with Crippen LogP contribution in [0.15, 0.2) is 16.9 Å². The molecule has 1 aliphatic carbocycles. The molecular weight excluding hydrogens is 340 g/mol. The Balaban J connectivity index is 1.58. The molecule has 0 spiro atoms. The first-order chi connectivity index (χ1) is 12.0. The largest absolute Gasteiger partial charge is 0.279 e. The second-order valence-electron chi connectivity index (χ2n) is 7.20. The van der Waals surface area contributed by atoms with Gasteiger partial charge in [0.1, 0.15) is 0 Å². The molecule has 3 rings (SSSR count). The Hall–Kier alpha value is -1.25. The lowest BCUT2D eigenvalue weighted by Gasteiger charge is -2.31. The van der Waals surface area contributed by atoms with Crippen LogP contribution in [0.5, 0.6) is 0 Å². The average Bonchev–Trinajstić information content (AvgIpc) is 2.88. The molecule has 1 saturated heterocycles. The van der Waals surface area contributed by atoms with E-state index in [4.69, 9.17) is 0 Å². The van der Waals surface area contributed by atoms with Gasteiger partial charge in [-0.2, -0.15) is 22.5 Å². The van der Waals surface area contributed by atoms with Crippen molar-refractivity contribution in [3.63, 3.8) is 0 Å². The molecule has 0 atom stereocenters. The molecule has 2 aliphatic rings. The summed E-state index contributed by atoms with van der Waals surface area (Å²) in [4.78, 5) is 12.0. The highest BCUT2D eigenvalue weighted by molar-refractivity contribution is 7.87. The minimum absolute atomic E-state index is 0.0509. The van der Waals surface area contributed by atoms with Crippen molar-refractivity contribution in [3.8, 4) is 0 Å². The van der Waals surface area contributed by atoms with Crippen LogP contribution in [0.3, 0.4) is 0 Å². The second-order valence-corrected chi connectivity index (χ2v) is 8.90. The molecule has 1 saturated carbocycles. The highest BCUT2D eigenvalue weighted by atomic mass is 32.2. The van der Waals surface area contributed by atoms with Gasteiger partial charge >= 0.3 is 0 Å². The van der Waals surface area contributed by atoms with Crippen molar-refractivity contribution in [1.29, 1.82) is 0 Å². The normalized spacial score (nSPS) is 26.3. The van der Waals surface area contributed by atoms with Crippen LogP contribution in [0.4, 0.5) is 0 Å². The van der Waals surface area contributed by atoms with E-state index in [0.717, 1.165) is 57.1 Å². The number of aromatic nitrogens is 2. The van der Waals surface area contributed by atoms with E-state index in [0.29, 0.717) is 13.1 Å². The molecule has 0 bridgehead atoms. The molecule has 0 radical (unpaired) electrons. The summed E-state index contributed by atoms with van der Waals surface area (Å²) in [6.45, 7) is 3.11. The Kier molecular flexibility index (Phi) is 5.91. The zero-order chi connectivity index (χ0) is 17.9. The summed E-state index contributed by atoms with van der Waals surface area (Å²) in [7, 11) is -3.40. The van der Waals surface area contributed by atoms with Crippen LogP contribution in [-0.2, 0) is 10.2 Å². The molecule has 1 aromatic rings. The zero-order valence-electron chi connectivity index (χ0n) is 14.9. The number of hydrogen-bond donors (Lipinski definition) is 1. The van der Waals surface area contributed by atoms with E-state index in [1.807, 2.05) is 6.92 Å². The molecule has 25 heavy (non-hydrogen) atoms. The van der Waals surface area contributed by atoms with E-state index < -0.39 is 10.2 Å². The molecule has 1 aliphatic heterocycles. The van der Waals surface area contributed by atoms with Gasteiger partial charge in [-0.1, -0.05) is 12.8 Å². The third kappa shape index (κ3) is 4.68. The third-order valence-electron chi connectivity index (χ3n) is 5.22. The summed E-state index contributed by atoms with van der Waals surface area (Å²) in [5, 5.41) is 4.34. The van der Waals surface area contributed by atoms with Gasteiger partial charge in [0.2, 0.25) is 0 Å². The zero-order valence-corrected chi connectivity index (χ0v) is 15.7. The Bertz CT molecular complexity index is 731. The van der Waals surface area contributed by atoms with E-state index in [-0.39, 0.29) is 17.6 Å². The second kappa shape index (κ2) is 7.97. The van der Waals surface area contributed by atoms with E-state index in [1.54, 1.807) is 21.1 Å². The molecule has 2 fully saturated rings. The SMILES string of the molecule is Cc1ccc(=O)n(C2CCC(NS(=O)(=O)N3CCCCCC3)CC2)n1. The smallest absolute Gasteiger partial charge is 0.268 e. The molecule has 0 amide bonds. The van der Waals surface area contributed by atoms with Crippen molar-refractivity contribution in [3.05, 3.63) is 28.2 Å². The minimum Gasteiger partial charge on any atom is -0.268 e. The first-order valence-corrected chi connectivity index (χ1v) is 10.7. The lowest BCUT2D eigenvalue weighted by Crippen LogP contribution is -2.47. The summed E-state index contributed by atoms with van der Waals surface area (Å²) in [5.74, 6) is 0. The van der Waals surface area contributed by atoms with Gasteiger partial charge in [0.15, 0.2) is 0 Å². The van der Waals surface area contributed by atoms with Crippen LogP contribution in [0.25, 0.3) is 0 Å². The maximum atomic E-state index is 12.6. The molecule has 2 heterocycles. The molecule has 0 unspecified atom stereocenters. The van der Waals surface area contributed by atoms with Crippen molar-refractivity contribution < 1.29 is 8.42 Å². The third-order valence-corrected chi connectivity index (χ3v) is 6.90. The summed E-state index contributed by atoms with van der Waals surface area (Å²) >= 11 is 0. The fraction of sp³-hybridized carbons (Fsp3) is 0.765. The summed E-state index contributed by atoms with van der Waals surface area (Å²) in [5.41, 5.74) is 0.739. The van der Waals surface area contributed by atoms with Gasteiger partial charge in [0, 0.05) is 25.2 Å². The highest BCUT2D eigenvalue weighted by Crippen LogP contribution is 2.27. The van der Waals surface area contributed by atoms with Gasteiger partial charge < -0.3 is 0 Å². The number of nitrogens with one attached hydrogen (secondary N) is 1. The van der Waals surface area contributed by atoms with Gasteiger partial charge in [-0.15, -0.1) is 0 Å². The molecule has 1 aromatic heterocycles. The van der Waals surface area contributed by atoms with Gasteiger partial charge in [-0.25, -0.2) is 4.68 Å². The topological polar surface area (TPSA) is 84.3 Å². The van der Waals surface area contributed by atoms with Crippen LogP contribution in [0.2, 0.25) is 0 Å². The monoisotopic (exact) mass is 368 g/mol. The summed E-state index contributed by atoms with van der Waals surface area (Å²) in [6.07, 6.45) is 7.10. The van der Waals surface area contributed by atoms with Gasteiger partial charge in [0.25, 0.3) is 15.8 Å². The summed E-state index contributed by atoms with van der Waals surface area (Å²) < 4.78 is 31.2. The maximum Gasteiger partial charge on any atom is 0.279 e. The Morgan fingerprint density at radius 2 is 1.68 bits per heavy atom. The van der Waals surface area contributed by atoms with E-state index >= 15 is 0 Å². The highest BCUT2D eigenvalue weighted by Gasteiger charge is 2.30. The van der Waals surface area contributed by atoms with E-state index in [9.17, 15) is 13.2 Å². The first kappa shape index (κ1) is 18.5. The molecular formula is C17H28N4O3S. The van der Waals surface area contributed by atoms with Crippen molar-refractivity contribution >= 4 is 10.2 Å². The van der Waals surface area contributed by atoms with Gasteiger partial charge in [0.05, 0.1) is 11.7 Å². The molecule has 7 nitrogen and oxygen atoms in total. The summed E-state index contributed by atoms with van der Waals surface area (Å²) in [6, 6.07) is 3.28. The van der Waals surface area contributed by atoms with Crippen LogP contribution in [0, 0.1) is 6.92 Å². The fourth-order valence-electron chi connectivity index (χ4n) is 3.79. The van der Waals surface area contributed by atoms with E-state index in [2.05, 4.69) is 9.82 Å². The van der Waals surface area contributed by atoms with Crippen molar-refractivity contribution in [2.75, 3.05) is 13.1 Å². The lowest BCUT2D eigenvalue weighted by atomic mass is 9.92. The number of hydrogen-bond acceptors (Lipinski definition) is 4. The Labute approximate surface area is 149 Å². The van der Waals surface area contributed by atoms with Crippen LogP contribution in [0.1, 0.15) is 63.1 Å². The van der Waals surface area contributed by atoms with Crippen LogP contribution < -0.4 is 10.3 Å². The Morgan fingerprint density at radius 3 is 2.32 bits per heavy atom. The van der Waals surface area contributed by atoms with Crippen molar-refractivity contribution in [2.45, 2.75) is 70.4 Å². The lowest BCUT2D eigenvalue weighted by molar-refractivity contribution is 0.280. The Morgan fingerprint density at radius 1 is 1.04 bits per heavy atom. The molecule has 140 valence electrons. The van der Waals surface area contributed by atoms with Crippen molar-refractivity contribution in [1.82, 2.24) is 18.8 Å². The quantitative estimate of drug-likeness (QED) is 0.877. The fourth-order valence-corrected chi connectivity index (χ4v) is 5.33. The number of aryl methyl sites for hydroxylation is 1. The van der Waals surface area contributed by atoms with Crippen LogP contribution >= 0.6 is 0 Å². The molecule has 8 heteroatoms. The van der Waals surface area contributed by atoms with Gasteiger partial charge in [-0.05, 0) is 51.5 Å². The van der Waals surface area contributed by atoms with Crippen molar-refractivity contribution in [2.24, 2.45) is 0 Å². The number of nitrogens with zero attached hydrogens (tertiary/aromatic N) is 3. The van der Waals surface area contributed by atoms with Crippen LogP contribution in [-0.4, -0.2) is 41.6 Å².